The van der Waals surface area contributed by atoms with Crippen molar-refractivity contribution in [2.24, 2.45) is 0 Å². The van der Waals surface area contributed by atoms with Crippen LogP contribution >= 0.6 is 0 Å². The third kappa shape index (κ3) is 6.96. The highest BCUT2D eigenvalue weighted by Crippen LogP contribution is 2.47. The zero-order valence-electron chi connectivity index (χ0n) is 37.0. The molecule has 4 aromatic heterocycles. The van der Waals surface area contributed by atoms with Crippen LogP contribution in [0.25, 0.3) is 116 Å². The van der Waals surface area contributed by atoms with Crippen LogP contribution in [0.5, 0.6) is 0 Å². The molecule has 0 N–H and O–H groups in total. The lowest BCUT2D eigenvalue weighted by molar-refractivity contribution is -0.137. The second-order valence-corrected chi connectivity index (χ2v) is 17.1. The van der Waals surface area contributed by atoms with E-state index >= 15 is 13.2 Å². The molecule has 70 heavy (non-hydrogen) atoms. The summed E-state index contributed by atoms with van der Waals surface area (Å²) in [5.41, 5.74) is 9.79. The van der Waals surface area contributed by atoms with Crippen molar-refractivity contribution < 1.29 is 13.2 Å². The molecule has 0 aliphatic heterocycles. The van der Waals surface area contributed by atoms with E-state index in [9.17, 15) is 5.26 Å². The van der Waals surface area contributed by atoms with E-state index in [1.807, 2.05) is 143 Å². The minimum absolute atomic E-state index is 0.135. The van der Waals surface area contributed by atoms with Gasteiger partial charge >= 0.3 is 6.18 Å². The van der Waals surface area contributed by atoms with E-state index in [-0.39, 0.29) is 22.4 Å². The number of benzene rings is 8. The van der Waals surface area contributed by atoms with Crippen LogP contribution in [0.1, 0.15) is 11.1 Å². The highest BCUT2D eigenvalue weighted by molar-refractivity contribution is 6.12. The topological polar surface area (TPSA) is 63.8 Å². The number of nitriles is 1. The average molecular weight is 909 g/mol. The van der Waals surface area contributed by atoms with Crippen molar-refractivity contribution in [3.05, 3.63) is 235 Å². The number of hydrogen-bond acceptors (Lipinski definition) is 3. The Morgan fingerprint density at radius 2 is 0.900 bits per heavy atom. The molecule has 0 aliphatic rings. The zero-order valence-corrected chi connectivity index (χ0v) is 37.0. The minimum atomic E-state index is -4.81. The van der Waals surface area contributed by atoms with Crippen molar-refractivity contribution in [2.45, 2.75) is 6.18 Å². The SMILES string of the molecule is [C-]#[N+]c1cccc(C(F)(F)F)c1-c1cc(-n2c3ccccc3c3ccc(-c4ccnc(-c5ccccc5)c4)cc32)c(C#N)c(-n2c3ccccc3c3ccc(-c4ccnc(-c5ccccc5)c4)cc32)c1. The van der Waals surface area contributed by atoms with Crippen LogP contribution in [-0.4, -0.2) is 19.1 Å². The third-order valence-corrected chi connectivity index (χ3v) is 13.1. The van der Waals surface area contributed by atoms with Gasteiger partial charge in [0.15, 0.2) is 5.69 Å². The molecular formula is C61H35F3N6. The molecule has 0 atom stereocenters. The lowest BCUT2D eigenvalue weighted by Gasteiger charge is -2.21. The van der Waals surface area contributed by atoms with Gasteiger partial charge in [0.25, 0.3) is 0 Å². The van der Waals surface area contributed by atoms with Gasteiger partial charge in [0.2, 0.25) is 0 Å². The Hall–Kier alpha value is -9.57. The molecule has 0 bridgehead atoms. The number of fused-ring (bicyclic) bond motifs is 6. The Kier molecular flexibility index (Phi) is 9.94. The van der Waals surface area contributed by atoms with E-state index in [0.29, 0.717) is 11.4 Å². The average Bonchev–Trinajstić information content (AvgIpc) is 3.92. The standard InChI is InChI=1S/C61H35F3N6/c1-66-51-20-12-19-50(61(62,63)64)60(51)44-35-58(69-54-21-10-8-17-45(54)47-25-23-40(33-56(47)69)42-27-29-67-52(31-42)38-13-4-2-5-14-38)49(37-65)59(36-44)70-55-22-11-9-18-46(55)48-26-24-41(34-57(48)70)43-28-30-68-53(32-43)39-15-6-3-7-16-39/h2-36H. The number of nitrogens with zero attached hydrogens (tertiary/aromatic N) is 6. The molecule has 0 fully saturated rings. The van der Waals surface area contributed by atoms with Crippen molar-refractivity contribution >= 4 is 49.3 Å². The van der Waals surface area contributed by atoms with Crippen LogP contribution in [0, 0.1) is 17.9 Å². The maximum Gasteiger partial charge on any atom is 0.415 e. The van der Waals surface area contributed by atoms with Crippen LogP contribution in [0.4, 0.5) is 18.9 Å². The first-order valence-corrected chi connectivity index (χ1v) is 22.5. The zero-order chi connectivity index (χ0) is 47.5. The van der Waals surface area contributed by atoms with Gasteiger partial charge in [0.05, 0.1) is 57.0 Å². The molecule has 0 saturated carbocycles. The maximum absolute atomic E-state index is 15.3. The molecule has 12 aromatic rings. The Morgan fingerprint density at radius 1 is 0.443 bits per heavy atom. The number of alkyl halides is 3. The van der Waals surface area contributed by atoms with Gasteiger partial charge in [-0.15, -0.1) is 0 Å². The van der Waals surface area contributed by atoms with E-state index in [4.69, 9.17) is 6.57 Å². The summed E-state index contributed by atoms with van der Waals surface area (Å²) in [5.74, 6) is 0. The minimum Gasteiger partial charge on any atom is -0.308 e. The number of pyridine rings is 2. The molecule has 0 saturated heterocycles. The molecular weight excluding hydrogens is 874 g/mol. The molecule has 4 heterocycles. The summed E-state index contributed by atoms with van der Waals surface area (Å²) < 4.78 is 49.8. The first-order chi connectivity index (χ1) is 34.3. The predicted octanol–water partition coefficient (Wildman–Crippen LogP) is 16.4. The Balaban J connectivity index is 1.17. The largest absolute Gasteiger partial charge is 0.415 e. The third-order valence-electron chi connectivity index (χ3n) is 13.1. The number of halogens is 3. The summed E-state index contributed by atoms with van der Waals surface area (Å²) >= 11 is 0. The number of hydrogen-bond donors (Lipinski definition) is 0. The van der Waals surface area contributed by atoms with E-state index in [2.05, 4.69) is 57.3 Å². The van der Waals surface area contributed by atoms with Crippen LogP contribution < -0.4 is 0 Å². The van der Waals surface area contributed by atoms with Gasteiger partial charge in [-0.2, -0.15) is 18.4 Å². The molecule has 330 valence electrons. The van der Waals surface area contributed by atoms with Crippen molar-refractivity contribution in [2.75, 3.05) is 0 Å². The normalized spacial score (nSPS) is 11.6. The summed E-state index contributed by atoms with van der Waals surface area (Å²) in [4.78, 5) is 13.0. The van der Waals surface area contributed by atoms with Gasteiger partial charge in [-0.25, -0.2) is 4.85 Å². The molecule has 9 heteroatoms. The second-order valence-electron chi connectivity index (χ2n) is 17.1. The summed E-state index contributed by atoms with van der Waals surface area (Å²) in [5, 5.41) is 15.2. The quantitative estimate of drug-likeness (QED) is 0.150. The summed E-state index contributed by atoms with van der Waals surface area (Å²) in [6.45, 7) is 8.17. The van der Waals surface area contributed by atoms with Crippen molar-refractivity contribution in [1.82, 2.24) is 19.1 Å². The van der Waals surface area contributed by atoms with Crippen LogP contribution in [-0.2, 0) is 6.18 Å². The predicted molar refractivity (Wildman–Crippen MR) is 274 cm³/mol. The van der Waals surface area contributed by atoms with Crippen molar-refractivity contribution in [3.63, 3.8) is 0 Å². The maximum atomic E-state index is 15.3. The first kappa shape index (κ1) is 41.8. The lowest BCUT2D eigenvalue weighted by Crippen LogP contribution is -2.09. The van der Waals surface area contributed by atoms with E-state index in [1.54, 1.807) is 24.5 Å². The van der Waals surface area contributed by atoms with Crippen molar-refractivity contribution in [1.29, 1.82) is 5.26 Å². The smallest absolute Gasteiger partial charge is 0.308 e. The van der Waals surface area contributed by atoms with Crippen LogP contribution in [0.2, 0.25) is 0 Å². The fraction of sp³-hybridized carbons (Fsp3) is 0.0164. The number of rotatable bonds is 7. The van der Waals surface area contributed by atoms with E-state index in [1.165, 1.54) is 12.1 Å². The molecule has 0 unspecified atom stereocenters. The monoisotopic (exact) mass is 908 g/mol. The summed E-state index contributed by atoms with van der Waals surface area (Å²) in [7, 11) is 0. The highest BCUT2D eigenvalue weighted by atomic mass is 19.4. The van der Waals surface area contributed by atoms with Crippen LogP contribution in [0.3, 0.4) is 0 Å². The first-order valence-electron chi connectivity index (χ1n) is 22.5. The second kappa shape index (κ2) is 16.6. The summed E-state index contributed by atoms with van der Waals surface area (Å²) in [6.07, 6.45) is -1.25. The molecule has 8 aromatic carbocycles. The fourth-order valence-corrected chi connectivity index (χ4v) is 9.97. The fourth-order valence-electron chi connectivity index (χ4n) is 9.97. The van der Waals surface area contributed by atoms with E-state index < -0.39 is 11.7 Å². The van der Waals surface area contributed by atoms with Gasteiger partial charge < -0.3 is 9.13 Å². The molecule has 0 aliphatic carbocycles. The van der Waals surface area contributed by atoms with Gasteiger partial charge in [0.1, 0.15) is 11.6 Å². The molecule has 0 radical (unpaired) electrons. The molecule has 0 amide bonds. The van der Waals surface area contributed by atoms with Gasteiger partial charge in [-0.3, -0.25) is 9.97 Å². The molecule has 0 spiro atoms. The lowest BCUT2D eigenvalue weighted by atomic mass is 9.94. The number of aromatic nitrogens is 4. The Bertz CT molecular complexity index is 3920. The van der Waals surface area contributed by atoms with Gasteiger partial charge in [-0.1, -0.05) is 140 Å². The molecule has 12 rings (SSSR count). The number of para-hydroxylation sites is 2. The van der Waals surface area contributed by atoms with Crippen molar-refractivity contribution in [3.8, 4) is 73.3 Å². The summed E-state index contributed by atoms with van der Waals surface area (Å²) in [6, 6.07) is 65.3. The Labute approximate surface area is 399 Å². The molecule has 6 nitrogen and oxygen atoms in total. The Morgan fingerprint density at radius 3 is 1.37 bits per heavy atom. The van der Waals surface area contributed by atoms with E-state index in [0.717, 1.165) is 94.4 Å². The highest BCUT2D eigenvalue weighted by Gasteiger charge is 2.35. The van der Waals surface area contributed by atoms with Crippen LogP contribution in [0.15, 0.2) is 213 Å². The van der Waals surface area contributed by atoms with Gasteiger partial charge in [-0.05, 0) is 94.0 Å². The van der Waals surface area contributed by atoms with Gasteiger partial charge in [0, 0.05) is 45.1 Å².